The third kappa shape index (κ3) is 4.50. The van der Waals surface area contributed by atoms with Gasteiger partial charge in [0.25, 0.3) is 0 Å². The van der Waals surface area contributed by atoms with Crippen molar-refractivity contribution in [2.24, 2.45) is 0 Å². The number of rotatable bonds is 5. The molecule has 0 aliphatic carbocycles. The van der Waals surface area contributed by atoms with Crippen LogP contribution in [0, 0.1) is 5.82 Å². The number of hydrogen-bond donors (Lipinski definition) is 1. The number of likely N-dealkylation sites (tertiary alicyclic amines) is 1. The normalized spacial score (nSPS) is 19.4. The van der Waals surface area contributed by atoms with E-state index in [1.54, 1.807) is 12.1 Å². The predicted molar refractivity (Wildman–Crippen MR) is 83.7 cm³/mol. The molecule has 2 rings (SSSR count). The zero-order valence-electron chi connectivity index (χ0n) is 13.3. The maximum atomic E-state index is 12.9. The summed E-state index contributed by atoms with van der Waals surface area (Å²) in [6.07, 6.45) is 1.73. The fourth-order valence-electron chi connectivity index (χ4n) is 3.06. The topological polar surface area (TPSA) is 26.7 Å². The lowest BCUT2D eigenvalue weighted by Crippen LogP contribution is -2.46. The van der Waals surface area contributed by atoms with Gasteiger partial charge < -0.3 is 14.9 Å². The zero-order valence-corrected chi connectivity index (χ0v) is 13.3. The molecule has 0 amide bonds. The standard InChI is InChI=1S/C17H27FN2O/c1-13(2)20-10-8-16(9-11-20)19(3)12-17(21)14-4-6-15(18)7-5-14/h4-7,13,16-17,21H,8-12H2,1-3H3. The Balaban J connectivity index is 1.84. The molecule has 1 aromatic rings. The zero-order chi connectivity index (χ0) is 15.4. The van der Waals surface area contributed by atoms with Crippen LogP contribution < -0.4 is 0 Å². The molecule has 1 atom stereocenters. The van der Waals surface area contributed by atoms with Crippen LogP contribution in [0.25, 0.3) is 0 Å². The van der Waals surface area contributed by atoms with Crippen molar-refractivity contribution in [2.45, 2.75) is 44.9 Å². The summed E-state index contributed by atoms with van der Waals surface area (Å²) in [6.45, 7) is 7.32. The summed E-state index contributed by atoms with van der Waals surface area (Å²) in [4.78, 5) is 4.74. The highest BCUT2D eigenvalue weighted by Crippen LogP contribution is 2.20. The summed E-state index contributed by atoms with van der Waals surface area (Å²) in [5.74, 6) is -0.264. The van der Waals surface area contributed by atoms with Gasteiger partial charge in [-0.2, -0.15) is 0 Å². The Morgan fingerprint density at radius 1 is 1.24 bits per heavy atom. The number of aliphatic hydroxyl groups is 1. The Kier molecular flexibility index (Phi) is 5.73. The molecule has 4 heteroatoms. The molecule has 1 aliphatic rings. The van der Waals surface area contributed by atoms with Gasteiger partial charge >= 0.3 is 0 Å². The molecular formula is C17H27FN2O. The summed E-state index contributed by atoms with van der Waals surface area (Å²) in [5.41, 5.74) is 0.780. The van der Waals surface area contributed by atoms with Crippen LogP contribution in [0.5, 0.6) is 0 Å². The number of halogens is 1. The van der Waals surface area contributed by atoms with Crippen molar-refractivity contribution in [1.29, 1.82) is 0 Å². The Morgan fingerprint density at radius 3 is 2.33 bits per heavy atom. The highest BCUT2D eigenvalue weighted by molar-refractivity contribution is 5.18. The second-order valence-electron chi connectivity index (χ2n) is 6.37. The molecule has 3 nitrogen and oxygen atoms in total. The first kappa shape index (κ1) is 16.4. The van der Waals surface area contributed by atoms with Crippen molar-refractivity contribution >= 4 is 0 Å². The van der Waals surface area contributed by atoms with Crippen LogP contribution in [0.3, 0.4) is 0 Å². The van der Waals surface area contributed by atoms with E-state index in [0.717, 1.165) is 31.5 Å². The van der Waals surface area contributed by atoms with Gasteiger partial charge in [0.15, 0.2) is 0 Å². The van der Waals surface area contributed by atoms with Crippen LogP contribution in [0.1, 0.15) is 38.4 Å². The molecule has 1 aromatic carbocycles. The number of benzene rings is 1. The second-order valence-corrected chi connectivity index (χ2v) is 6.37. The minimum atomic E-state index is -0.557. The lowest BCUT2D eigenvalue weighted by atomic mass is 10.0. The van der Waals surface area contributed by atoms with Gasteiger partial charge in [-0.1, -0.05) is 12.1 Å². The van der Waals surface area contributed by atoms with E-state index >= 15 is 0 Å². The fourth-order valence-corrected chi connectivity index (χ4v) is 3.06. The first-order valence-corrected chi connectivity index (χ1v) is 7.85. The number of aliphatic hydroxyl groups excluding tert-OH is 1. The van der Waals surface area contributed by atoms with E-state index in [2.05, 4.69) is 30.7 Å². The van der Waals surface area contributed by atoms with E-state index in [9.17, 15) is 9.50 Å². The molecule has 0 bridgehead atoms. The molecule has 118 valence electrons. The Labute approximate surface area is 127 Å². The minimum Gasteiger partial charge on any atom is -0.387 e. The van der Waals surface area contributed by atoms with Gasteiger partial charge in [-0.05, 0) is 64.5 Å². The van der Waals surface area contributed by atoms with Gasteiger partial charge in [0.05, 0.1) is 6.10 Å². The van der Waals surface area contributed by atoms with Gasteiger partial charge in [0.2, 0.25) is 0 Å². The lowest BCUT2D eigenvalue weighted by molar-refractivity contribution is 0.0659. The Morgan fingerprint density at radius 2 is 1.81 bits per heavy atom. The molecule has 1 fully saturated rings. The second kappa shape index (κ2) is 7.34. The Hall–Kier alpha value is -0.970. The summed E-state index contributed by atoms with van der Waals surface area (Å²) in [5, 5.41) is 10.3. The van der Waals surface area contributed by atoms with Crippen molar-refractivity contribution in [2.75, 3.05) is 26.7 Å². The quantitative estimate of drug-likeness (QED) is 0.904. The van der Waals surface area contributed by atoms with Crippen molar-refractivity contribution in [3.63, 3.8) is 0 Å². The number of piperidine rings is 1. The maximum absolute atomic E-state index is 12.9. The SMILES string of the molecule is CC(C)N1CCC(N(C)CC(O)c2ccc(F)cc2)CC1. The predicted octanol–water partition coefficient (Wildman–Crippen LogP) is 2.66. The molecule has 0 radical (unpaired) electrons. The van der Waals surface area contributed by atoms with E-state index < -0.39 is 6.10 Å². The summed E-state index contributed by atoms with van der Waals surface area (Å²) in [7, 11) is 2.07. The third-order valence-electron chi connectivity index (χ3n) is 4.57. The molecule has 0 spiro atoms. The summed E-state index contributed by atoms with van der Waals surface area (Å²) < 4.78 is 12.9. The van der Waals surface area contributed by atoms with E-state index in [4.69, 9.17) is 0 Å². The summed E-state index contributed by atoms with van der Waals surface area (Å²) >= 11 is 0. The molecule has 1 saturated heterocycles. The van der Waals surface area contributed by atoms with E-state index in [1.807, 2.05) is 0 Å². The average Bonchev–Trinajstić information content (AvgIpc) is 2.47. The first-order valence-electron chi connectivity index (χ1n) is 7.85. The van der Waals surface area contributed by atoms with Crippen LogP contribution in [0.4, 0.5) is 4.39 Å². The molecule has 1 unspecified atom stereocenters. The third-order valence-corrected chi connectivity index (χ3v) is 4.57. The first-order chi connectivity index (χ1) is 9.97. The van der Waals surface area contributed by atoms with Gasteiger partial charge in [0.1, 0.15) is 5.82 Å². The largest absolute Gasteiger partial charge is 0.387 e. The molecule has 1 heterocycles. The van der Waals surface area contributed by atoms with Crippen molar-refractivity contribution in [1.82, 2.24) is 9.80 Å². The molecule has 21 heavy (non-hydrogen) atoms. The number of nitrogens with zero attached hydrogens (tertiary/aromatic N) is 2. The highest BCUT2D eigenvalue weighted by atomic mass is 19.1. The smallest absolute Gasteiger partial charge is 0.123 e. The van der Waals surface area contributed by atoms with Crippen molar-refractivity contribution in [3.8, 4) is 0 Å². The van der Waals surface area contributed by atoms with Crippen LogP contribution in [0.2, 0.25) is 0 Å². The molecule has 1 N–H and O–H groups in total. The summed E-state index contributed by atoms with van der Waals surface area (Å²) in [6, 6.07) is 7.26. The Bertz CT molecular complexity index is 427. The molecule has 1 aliphatic heterocycles. The molecule has 0 saturated carbocycles. The fraction of sp³-hybridized carbons (Fsp3) is 0.647. The van der Waals surface area contributed by atoms with Gasteiger partial charge in [0, 0.05) is 18.6 Å². The van der Waals surface area contributed by atoms with Gasteiger partial charge in [-0.15, -0.1) is 0 Å². The van der Waals surface area contributed by atoms with Crippen LogP contribution in [0.15, 0.2) is 24.3 Å². The van der Waals surface area contributed by atoms with Gasteiger partial charge in [-0.25, -0.2) is 4.39 Å². The average molecular weight is 294 g/mol. The maximum Gasteiger partial charge on any atom is 0.123 e. The van der Waals surface area contributed by atoms with E-state index in [1.165, 1.54) is 12.1 Å². The van der Waals surface area contributed by atoms with E-state index in [-0.39, 0.29) is 5.82 Å². The number of hydrogen-bond acceptors (Lipinski definition) is 3. The monoisotopic (exact) mass is 294 g/mol. The van der Waals surface area contributed by atoms with Crippen LogP contribution in [-0.2, 0) is 0 Å². The highest BCUT2D eigenvalue weighted by Gasteiger charge is 2.25. The van der Waals surface area contributed by atoms with Crippen molar-refractivity contribution < 1.29 is 9.50 Å². The minimum absolute atomic E-state index is 0.264. The molecule has 0 aromatic heterocycles. The van der Waals surface area contributed by atoms with Crippen LogP contribution in [-0.4, -0.2) is 53.7 Å². The molecular weight excluding hydrogens is 267 g/mol. The van der Waals surface area contributed by atoms with E-state index in [0.29, 0.717) is 18.6 Å². The van der Waals surface area contributed by atoms with Crippen molar-refractivity contribution in [3.05, 3.63) is 35.6 Å². The number of likely N-dealkylation sites (N-methyl/N-ethyl adjacent to an activating group) is 1. The van der Waals surface area contributed by atoms with Gasteiger partial charge in [-0.3, -0.25) is 0 Å². The van der Waals surface area contributed by atoms with Crippen LogP contribution >= 0.6 is 0 Å². The lowest BCUT2D eigenvalue weighted by Gasteiger charge is -2.39.